The van der Waals surface area contributed by atoms with E-state index < -0.39 is 0 Å². The fourth-order valence-electron chi connectivity index (χ4n) is 2.36. The Kier molecular flexibility index (Phi) is 4.62. The Hall–Kier alpha value is -0.530. The van der Waals surface area contributed by atoms with Crippen molar-refractivity contribution in [1.82, 2.24) is 4.90 Å². The number of nitrogens with zero attached hydrogens (tertiary/aromatic N) is 1. The summed E-state index contributed by atoms with van der Waals surface area (Å²) in [6.07, 6.45) is 4.70. The maximum atomic E-state index is 12.2. The number of carbonyl (C=O) groups is 1. The van der Waals surface area contributed by atoms with Crippen LogP contribution >= 0.6 is 0 Å². The van der Waals surface area contributed by atoms with Gasteiger partial charge in [-0.2, -0.15) is 0 Å². The number of hydrogen-bond donors (Lipinski definition) is 0. The van der Waals surface area contributed by atoms with Gasteiger partial charge in [0.25, 0.3) is 0 Å². The average molecular weight is 211 g/mol. The van der Waals surface area contributed by atoms with Gasteiger partial charge in [0.1, 0.15) is 0 Å². The molecule has 0 saturated heterocycles. The van der Waals surface area contributed by atoms with E-state index in [0.717, 1.165) is 19.4 Å². The Labute approximate surface area is 94.0 Å². The first-order valence-corrected chi connectivity index (χ1v) is 6.32. The normalized spacial score (nSPS) is 17.7. The molecule has 0 heterocycles. The van der Waals surface area contributed by atoms with Gasteiger partial charge in [0.05, 0.1) is 0 Å². The van der Waals surface area contributed by atoms with E-state index in [1.807, 2.05) is 0 Å². The van der Waals surface area contributed by atoms with Crippen LogP contribution in [0.5, 0.6) is 0 Å². The molecule has 0 aromatic carbocycles. The minimum absolute atomic E-state index is 0.325. The molecule has 0 aliphatic heterocycles. The zero-order chi connectivity index (χ0) is 11.4. The highest BCUT2D eigenvalue weighted by Gasteiger charge is 2.28. The topological polar surface area (TPSA) is 20.3 Å². The van der Waals surface area contributed by atoms with Crippen molar-refractivity contribution in [3.05, 3.63) is 0 Å². The van der Waals surface area contributed by atoms with Gasteiger partial charge < -0.3 is 4.90 Å². The summed E-state index contributed by atoms with van der Waals surface area (Å²) in [6.45, 7) is 9.51. The van der Waals surface area contributed by atoms with Crippen molar-refractivity contribution in [1.29, 1.82) is 0 Å². The summed E-state index contributed by atoms with van der Waals surface area (Å²) in [4.78, 5) is 14.3. The second-order valence-corrected chi connectivity index (χ2v) is 5.46. The molecule has 1 rings (SSSR count). The molecule has 0 aromatic heterocycles. The van der Waals surface area contributed by atoms with E-state index in [1.165, 1.54) is 12.8 Å². The van der Waals surface area contributed by atoms with Crippen molar-refractivity contribution < 1.29 is 4.79 Å². The van der Waals surface area contributed by atoms with E-state index in [4.69, 9.17) is 0 Å². The van der Waals surface area contributed by atoms with Crippen molar-refractivity contribution in [2.75, 3.05) is 6.54 Å². The van der Waals surface area contributed by atoms with Gasteiger partial charge in [0.2, 0.25) is 5.91 Å². The van der Waals surface area contributed by atoms with E-state index in [0.29, 0.717) is 23.8 Å². The van der Waals surface area contributed by atoms with Gasteiger partial charge in [-0.1, -0.05) is 26.7 Å². The molecule has 1 saturated carbocycles. The Morgan fingerprint density at radius 1 is 1.20 bits per heavy atom. The van der Waals surface area contributed by atoms with E-state index in [1.54, 1.807) is 0 Å². The molecule has 0 bridgehead atoms. The first kappa shape index (κ1) is 12.5. The first-order chi connectivity index (χ1) is 7.02. The molecule has 0 N–H and O–H groups in total. The monoisotopic (exact) mass is 211 g/mol. The van der Waals surface area contributed by atoms with Gasteiger partial charge in [0, 0.05) is 18.5 Å². The van der Waals surface area contributed by atoms with Crippen LogP contribution in [-0.2, 0) is 4.79 Å². The minimum Gasteiger partial charge on any atom is -0.340 e. The molecule has 88 valence electrons. The summed E-state index contributed by atoms with van der Waals surface area (Å²) in [5, 5.41) is 0. The highest BCUT2D eigenvalue weighted by atomic mass is 16.2. The van der Waals surface area contributed by atoms with E-state index in [2.05, 4.69) is 32.6 Å². The van der Waals surface area contributed by atoms with Gasteiger partial charge in [-0.3, -0.25) is 4.79 Å². The third kappa shape index (κ3) is 3.51. The number of hydrogen-bond acceptors (Lipinski definition) is 1. The maximum absolute atomic E-state index is 12.2. The van der Waals surface area contributed by atoms with Gasteiger partial charge in [-0.05, 0) is 32.6 Å². The molecule has 15 heavy (non-hydrogen) atoms. The highest BCUT2D eigenvalue weighted by molar-refractivity contribution is 5.79. The number of carbonyl (C=O) groups excluding carboxylic acids is 1. The molecule has 0 spiro atoms. The summed E-state index contributed by atoms with van der Waals surface area (Å²) in [6, 6.07) is 0.348. The van der Waals surface area contributed by atoms with Gasteiger partial charge >= 0.3 is 0 Å². The third-order valence-electron chi connectivity index (χ3n) is 3.17. The largest absolute Gasteiger partial charge is 0.340 e. The van der Waals surface area contributed by atoms with Crippen molar-refractivity contribution in [2.24, 2.45) is 11.8 Å². The molecule has 0 atom stereocenters. The standard InChI is InChI=1S/C13H25NO/c1-10(2)9-14(11(3)4)13(15)12-7-5-6-8-12/h10-12H,5-9H2,1-4H3. The van der Waals surface area contributed by atoms with Crippen LogP contribution in [0.15, 0.2) is 0 Å². The molecular weight excluding hydrogens is 186 g/mol. The van der Waals surface area contributed by atoms with Crippen LogP contribution in [0.4, 0.5) is 0 Å². The first-order valence-electron chi connectivity index (χ1n) is 6.32. The van der Waals surface area contributed by atoms with E-state index in [-0.39, 0.29) is 0 Å². The lowest BCUT2D eigenvalue weighted by Crippen LogP contribution is -2.42. The van der Waals surface area contributed by atoms with Crippen LogP contribution in [0.1, 0.15) is 53.4 Å². The van der Waals surface area contributed by atoms with Crippen molar-refractivity contribution >= 4 is 5.91 Å². The fourth-order valence-corrected chi connectivity index (χ4v) is 2.36. The molecule has 1 aliphatic carbocycles. The van der Waals surface area contributed by atoms with Gasteiger partial charge in [0.15, 0.2) is 0 Å². The lowest BCUT2D eigenvalue weighted by Gasteiger charge is -2.30. The molecule has 1 fully saturated rings. The Balaban J connectivity index is 2.57. The second kappa shape index (κ2) is 5.53. The van der Waals surface area contributed by atoms with E-state index in [9.17, 15) is 4.79 Å². The predicted molar refractivity (Wildman–Crippen MR) is 63.6 cm³/mol. The fraction of sp³-hybridized carbons (Fsp3) is 0.923. The summed E-state index contributed by atoms with van der Waals surface area (Å²) < 4.78 is 0. The van der Waals surface area contributed by atoms with Crippen LogP contribution in [-0.4, -0.2) is 23.4 Å². The van der Waals surface area contributed by atoms with Crippen molar-refractivity contribution in [3.8, 4) is 0 Å². The van der Waals surface area contributed by atoms with Crippen LogP contribution in [0.2, 0.25) is 0 Å². The molecule has 0 unspecified atom stereocenters. The SMILES string of the molecule is CC(C)CN(C(=O)C1CCCC1)C(C)C. The predicted octanol–water partition coefficient (Wildman–Crippen LogP) is 3.07. The smallest absolute Gasteiger partial charge is 0.225 e. The Bertz CT molecular complexity index is 205. The van der Waals surface area contributed by atoms with Crippen LogP contribution in [0.3, 0.4) is 0 Å². The summed E-state index contributed by atoms with van der Waals surface area (Å²) in [5.41, 5.74) is 0. The number of rotatable bonds is 4. The molecule has 1 amide bonds. The molecular formula is C13H25NO. The molecule has 0 aromatic rings. The summed E-state index contributed by atoms with van der Waals surface area (Å²) >= 11 is 0. The third-order valence-corrected chi connectivity index (χ3v) is 3.17. The van der Waals surface area contributed by atoms with E-state index >= 15 is 0 Å². The highest BCUT2D eigenvalue weighted by Crippen LogP contribution is 2.27. The quantitative estimate of drug-likeness (QED) is 0.700. The van der Waals surface area contributed by atoms with Crippen LogP contribution < -0.4 is 0 Å². The second-order valence-electron chi connectivity index (χ2n) is 5.46. The molecule has 2 nitrogen and oxygen atoms in total. The Morgan fingerprint density at radius 3 is 2.13 bits per heavy atom. The number of amides is 1. The minimum atomic E-state index is 0.325. The zero-order valence-corrected chi connectivity index (χ0v) is 10.6. The average Bonchev–Trinajstić information content (AvgIpc) is 2.65. The summed E-state index contributed by atoms with van der Waals surface area (Å²) in [5.74, 6) is 1.29. The molecule has 0 radical (unpaired) electrons. The molecule has 2 heteroatoms. The lowest BCUT2D eigenvalue weighted by molar-refractivity contribution is -0.137. The van der Waals surface area contributed by atoms with Crippen LogP contribution in [0, 0.1) is 11.8 Å². The van der Waals surface area contributed by atoms with Crippen molar-refractivity contribution in [3.63, 3.8) is 0 Å². The van der Waals surface area contributed by atoms with Crippen molar-refractivity contribution in [2.45, 2.75) is 59.4 Å². The van der Waals surface area contributed by atoms with Gasteiger partial charge in [-0.25, -0.2) is 0 Å². The summed E-state index contributed by atoms with van der Waals surface area (Å²) in [7, 11) is 0. The van der Waals surface area contributed by atoms with Crippen LogP contribution in [0.25, 0.3) is 0 Å². The lowest BCUT2D eigenvalue weighted by atomic mass is 10.0. The maximum Gasteiger partial charge on any atom is 0.225 e. The van der Waals surface area contributed by atoms with Gasteiger partial charge in [-0.15, -0.1) is 0 Å². The Morgan fingerprint density at radius 2 is 1.73 bits per heavy atom. The zero-order valence-electron chi connectivity index (χ0n) is 10.6. The molecule has 1 aliphatic rings.